The lowest BCUT2D eigenvalue weighted by atomic mass is 9.95. The number of carbonyl (C=O) groups is 1. The van der Waals surface area contributed by atoms with E-state index in [2.05, 4.69) is 10.3 Å². The van der Waals surface area contributed by atoms with Crippen LogP contribution >= 0.6 is 0 Å². The number of fused-ring (bicyclic) bond motifs is 2. The number of hydrogen-bond donors (Lipinski definition) is 1. The average Bonchev–Trinajstić information content (AvgIpc) is 2.94. The quantitative estimate of drug-likeness (QED) is 0.867. The highest BCUT2D eigenvalue weighted by Crippen LogP contribution is 2.38. The topological polar surface area (TPSA) is 45.2 Å². The maximum Gasteiger partial charge on any atom is 0.433 e. The predicted molar refractivity (Wildman–Crippen MR) is 66.0 cm³/mol. The molecule has 0 saturated carbocycles. The molecule has 3 unspecified atom stereocenters. The fraction of sp³-hybridized carbons (Fsp3) is 0.538. The van der Waals surface area contributed by atoms with Gasteiger partial charge in [0, 0.05) is 12.1 Å². The Labute approximate surface area is 114 Å². The van der Waals surface area contributed by atoms with Crippen molar-refractivity contribution in [1.29, 1.82) is 0 Å². The molecule has 3 atom stereocenters. The van der Waals surface area contributed by atoms with Crippen LogP contribution in [-0.2, 0) is 11.0 Å². The third kappa shape index (κ3) is 2.21. The number of pyridine rings is 1. The second-order valence-electron chi connectivity index (χ2n) is 5.24. The van der Waals surface area contributed by atoms with E-state index in [1.807, 2.05) is 0 Å². The van der Waals surface area contributed by atoms with Crippen molar-refractivity contribution in [2.45, 2.75) is 43.6 Å². The molecule has 0 aromatic carbocycles. The third-order valence-electron chi connectivity index (χ3n) is 4.09. The van der Waals surface area contributed by atoms with Crippen LogP contribution in [0.1, 0.15) is 25.0 Å². The molecular weight excluding hydrogens is 271 g/mol. The van der Waals surface area contributed by atoms with E-state index in [0.29, 0.717) is 0 Å². The summed E-state index contributed by atoms with van der Waals surface area (Å²) in [4.78, 5) is 16.4. The van der Waals surface area contributed by atoms with Gasteiger partial charge in [-0.1, -0.05) is 6.07 Å². The van der Waals surface area contributed by atoms with Gasteiger partial charge in [0.05, 0.1) is 6.04 Å². The Balaban J connectivity index is 1.75. The summed E-state index contributed by atoms with van der Waals surface area (Å²) in [6, 6.07) is 4.06. The Hall–Kier alpha value is -1.79. The average molecular weight is 285 g/mol. The Morgan fingerprint density at radius 3 is 2.80 bits per heavy atom. The molecule has 1 aromatic rings. The Kier molecular flexibility index (Phi) is 3.07. The van der Waals surface area contributed by atoms with Crippen LogP contribution in [0.2, 0.25) is 0 Å². The molecule has 2 aliphatic rings. The first-order chi connectivity index (χ1) is 9.49. The molecule has 1 N–H and O–H groups in total. The third-order valence-corrected chi connectivity index (χ3v) is 4.09. The molecule has 2 bridgehead atoms. The highest BCUT2D eigenvalue weighted by Gasteiger charge is 2.45. The van der Waals surface area contributed by atoms with Crippen molar-refractivity contribution in [2.75, 3.05) is 5.32 Å². The van der Waals surface area contributed by atoms with Crippen molar-refractivity contribution in [2.24, 2.45) is 0 Å². The lowest BCUT2D eigenvalue weighted by molar-refractivity contribution is -0.141. The van der Waals surface area contributed by atoms with E-state index in [1.54, 1.807) is 4.90 Å². The molecule has 3 heterocycles. The van der Waals surface area contributed by atoms with Crippen molar-refractivity contribution in [3.05, 3.63) is 23.9 Å². The van der Waals surface area contributed by atoms with Gasteiger partial charge in [-0.3, -0.25) is 4.79 Å². The van der Waals surface area contributed by atoms with E-state index in [-0.39, 0.29) is 23.9 Å². The van der Waals surface area contributed by atoms with Crippen LogP contribution in [0.25, 0.3) is 0 Å². The molecule has 1 aromatic heterocycles. The maximum absolute atomic E-state index is 12.6. The molecule has 2 saturated heterocycles. The van der Waals surface area contributed by atoms with Gasteiger partial charge in [0.25, 0.3) is 0 Å². The molecule has 3 rings (SSSR count). The minimum atomic E-state index is -4.44. The molecule has 2 fully saturated rings. The van der Waals surface area contributed by atoms with E-state index in [1.165, 1.54) is 12.1 Å². The Morgan fingerprint density at radius 1 is 1.35 bits per heavy atom. The predicted octanol–water partition coefficient (Wildman–Crippen LogP) is 2.27. The first-order valence-corrected chi connectivity index (χ1v) is 6.52. The first-order valence-electron chi connectivity index (χ1n) is 6.52. The second-order valence-corrected chi connectivity index (χ2v) is 5.24. The van der Waals surface area contributed by atoms with Gasteiger partial charge in [-0.2, -0.15) is 13.2 Å². The smallest absolute Gasteiger partial charge is 0.365 e. The molecule has 20 heavy (non-hydrogen) atoms. The number of nitrogens with one attached hydrogen (secondary N) is 1. The zero-order chi connectivity index (χ0) is 14.3. The van der Waals surface area contributed by atoms with Crippen LogP contribution in [0, 0.1) is 0 Å². The number of nitrogens with zero attached hydrogens (tertiary/aromatic N) is 2. The summed E-state index contributed by atoms with van der Waals surface area (Å²) in [5.41, 5.74) is -0.905. The summed E-state index contributed by atoms with van der Waals surface area (Å²) in [5.74, 6) is 0.211. The number of hydrogen-bond acceptors (Lipinski definition) is 3. The van der Waals surface area contributed by atoms with Gasteiger partial charge >= 0.3 is 6.18 Å². The highest BCUT2D eigenvalue weighted by atomic mass is 19.4. The molecule has 0 spiro atoms. The van der Waals surface area contributed by atoms with Crippen LogP contribution in [0.4, 0.5) is 19.0 Å². The maximum atomic E-state index is 12.6. The number of alkyl halides is 3. The lowest BCUT2D eigenvalue weighted by Crippen LogP contribution is -2.35. The highest BCUT2D eigenvalue weighted by molar-refractivity contribution is 5.52. The minimum Gasteiger partial charge on any atom is -0.365 e. The molecule has 108 valence electrons. The first kappa shape index (κ1) is 13.2. The molecule has 2 aliphatic heterocycles. The number of rotatable bonds is 3. The van der Waals surface area contributed by atoms with Crippen molar-refractivity contribution < 1.29 is 18.0 Å². The minimum absolute atomic E-state index is 0.0186. The number of carbonyl (C=O) groups excluding carboxylic acids is 1. The van der Waals surface area contributed by atoms with Gasteiger partial charge in [0.1, 0.15) is 11.5 Å². The standard InChI is InChI=1S/C13H14F3N3O/c14-13(15,16)11-2-1-3-12(18-11)17-9-6-8-4-5-10(9)19(8)7-20/h1-3,7-10H,4-6H2,(H,17,18). The van der Waals surface area contributed by atoms with E-state index >= 15 is 0 Å². The van der Waals surface area contributed by atoms with Gasteiger partial charge in [-0.05, 0) is 31.4 Å². The summed E-state index contributed by atoms with van der Waals surface area (Å²) < 4.78 is 37.8. The van der Waals surface area contributed by atoms with Crippen molar-refractivity contribution in [1.82, 2.24) is 9.88 Å². The summed E-state index contributed by atoms with van der Waals surface area (Å²) >= 11 is 0. The van der Waals surface area contributed by atoms with Crippen LogP contribution < -0.4 is 5.32 Å². The molecule has 0 radical (unpaired) electrons. The molecule has 4 nitrogen and oxygen atoms in total. The van der Waals surface area contributed by atoms with Crippen LogP contribution in [0.5, 0.6) is 0 Å². The monoisotopic (exact) mass is 285 g/mol. The summed E-state index contributed by atoms with van der Waals surface area (Å²) in [7, 11) is 0. The number of halogens is 3. The summed E-state index contributed by atoms with van der Waals surface area (Å²) in [6.45, 7) is 0. The molecular formula is C13H14F3N3O. The fourth-order valence-corrected chi connectivity index (χ4v) is 3.21. The van der Waals surface area contributed by atoms with Crippen molar-refractivity contribution >= 4 is 12.2 Å². The zero-order valence-corrected chi connectivity index (χ0v) is 10.6. The van der Waals surface area contributed by atoms with E-state index < -0.39 is 11.9 Å². The molecule has 0 aliphatic carbocycles. The number of aromatic nitrogens is 1. The Morgan fingerprint density at radius 2 is 2.15 bits per heavy atom. The van der Waals surface area contributed by atoms with Crippen LogP contribution in [0.3, 0.4) is 0 Å². The van der Waals surface area contributed by atoms with Gasteiger partial charge in [0.2, 0.25) is 6.41 Å². The second kappa shape index (κ2) is 4.64. The van der Waals surface area contributed by atoms with E-state index in [4.69, 9.17) is 0 Å². The van der Waals surface area contributed by atoms with Crippen molar-refractivity contribution in [3.8, 4) is 0 Å². The molecule has 1 amide bonds. The van der Waals surface area contributed by atoms with Crippen molar-refractivity contribution in [3.63, 3.8) is 0 Å². The molecule has 7 heteroatoms. The summed E-state index contributed by atoms with van der Waals surface area (Å²) in [6.07, 6.45) is -0.982. The lowest BCUT2D eigenvalue weighted by Gasteiger charge is -2.23. The van der Waals surface area contributed by atoms with Gasteiger partial charge < -0.3 is 10.2 Å². The van der Waals surface area contributed by atoms with Crippen LogP contribution in [-0.4, -0.2) is 34.4 Å². The zero-order valence-electron chi connectivity index (χ0n) is 10.6. The van der Waals surface area contributed by atoms with E-state index in [9.17, 15) is 18.0 Å². The van der Waals surface area contributed by atoms with Crippen LogP contribution in [0.15, 0.2) is 18.2 Å². The van der Waals surface area contributed by atoms with Gasteiger partial charge in [0.15, 0.2) is 0 Å². The van der Waals surface area contributed by atoms with Gasteiger partial charge in [-0.15, -0.1) is 0 Å². The fourth-order valence-electron chi connectivity index (χ4n) is 3.21. The van der Waals surface area contributed by atoms with Gasteiger partial charge in [-0.25, -0.2) is 4.98 Å². The normalized spacial score (nSPS) is 28.8. The Bertz CT molecular complexity index is 520. The largest absolute Gasteiger partial charge is 0.433 e. The number of anilines is 1. The number of amides is 1. The van der Waals surface area contributed by atoms with E-state index in [0.717, 1.165) is 31.7 Å². The SMILES string of the molecule is O=CN1C2CCC1C(Nc1cccc(C(F)(F)F)n1)C2. The summed E-state index contributed by atoms with van der Waals surface area (Å²) in [5, 5.41) is 3.04.